The number of rotatable bonds is 4. The number of nitrogens with zero attached hydrogens (tertiary/aromatic N) is 2. The normalized spacial score (nSPS) is 33.8. The number of ether oxygens (including phenoxy) is 1. The summed E-state index contributed by atoms with van der Waals surface area (Å²) in [5, 5.41) is 6.76. The standard InChI is InChI=1S/C24H32N4O4S2/c1-14(2)19-22(30)32-16(8-4-5-10-33)11-18(29)25-12-15-7-6-9-17-20(28(15)17)21-27-24(3,13-34-21)23(31)26-19/h4,6-9,14,16-17,19-20,33H,5,10-13H2,1-3H3,(H,25,29)(H,26,31). The summed E-state index contributed by atoms with van der Waals surface area (Å²) in [6.45, 7) is 5.89. The van der Waals surface area contributed by atoms with Crippen molar-refractivity contribution in [1.29, 1.82) is 0 Å². The van der Waals surface area contributed by atoms with Crippen LogP contribution in [0.1, 0.15) is 33.6 Å². The van der Waals surface area contributed by atoms with Crippen molar-refractivity contribution in [3.05, 3.63) is 36.1 Å². The number of aliphatic imine (C=N–C) groups is 1. The molecule has 2 bridgehead atoms. The molecule has 5 atom stereocenters. The van der Waals surface area contributed by atoms with Gasteiger partial charge in [0, 0.05) is 11.4 Å². The molecule has 0 aliphatic carbocycles. The Balaban J connectivity index is 1.63. The second kappa shape index (κ2) is 10.2. The summed E-state index contributed by atoms with van der Waals surface area (Å²) in [6.07, 6.45) is 9.65. The fourth-order valence-corrected chi connectivity index (χ4v) is 5.79. The van der Waals surface area contributed by atoms with Crippen LogP contribution < -0.4 is 10.6 Å². The molecule has 2 amide bonds. The van der Waals surface area contributed by atoms with Crippen molar-refractivity contribution >= 4 is 47.2 Å². The number of amides is 2. The molecule has 34 heavy (non-hydrogen) atoms. The summed E-state index contributed by atoms with van der Waals surface area (Å²) in [4.78, 5) is 46.1. The minimum atomic E-state index is -0.953. The fourth-order valence-electron chi connectivity index (χ4n) is 4.32. The van der Waals surface area contributed by atoms with E-state index in [1.165, 1.54) is 0 Å². The third kappa shape index (κ3) is 5.22. The molecule has 0 radical (unpaired) electrons. The smallest absolute Gasteiger partial charge is 0.329 e. The summed E-state index contributed by atoms with van der Waals surface area (Å²) in [5.74, 6) is -0.0910. The highest BCUT2D eigenvalue weighted by atomic mass is 32.2. The zero-order chi connectivity index (χ0) is 24.5. The number of fused-ring (bicyclic) bond motifs is 3. The van der Waals surface area contributed by atoms with E-state index in [1.807, 2.05) is 39.0 Å². The van der Waals surface area contributed by atoms with E-state index >= 15 is 0 Å². The van der Waals surface area contributed by atoms with Gasteiger partial charge in [-0.3, -0.25) is 14.6 Å². The third-order valence-corrected chi connectivity index (χ3v) is 7.95. The van der Waals surface area contributed by atoms with Crippen molar-refractivity contribution in [2.75, 3.05) is 18.1 Å². The topological polar surface area (TPSA) is 99.9 Å². The van der Waals surface area contributed by atoms with E-state index in [-0.39, 0.29) is 36.2 Å². The maximum Gasteiger partial charge on any atom is 0.329 e. The molecular weight excluding hydrogens is 472 g/mol. The van der Waals surface area contributed by atoms with Crippen LogP contribution >= 0.6 is 24.4 Å². The zero-order valence-corrected chi connectivity index (χ0v) is 21.4. The molecule has 1 saturated heterocycles. The van der Waals surface area contributed by atoms with Gasteiger partial charge in [0.2, 0.25) is 11.8 Å². The second-order valence-corrected chi connectivity index (χ2v) is 10.9. The second-order valence-electron chi connectivity index (χ2n) is 9.49. The van der Waals surface area contributed by atoms with Crippen LogP contribution in [-0.4, -0.2) is 75.5 Å². The van der Waals surface area contributed by atoms with Gasteiger partial charge in [0.05, 0.1) is 24.1 Å². The minimum Gasteiger partial charge on any atom is -0.456 e. The van der Waals surface area contributed by atoms with E-state index < -0.39 is 23.7 Å². The molecule has 5 unspecified atom stereocenters. The molecule has 10 heteroatoms. The number of hydrogen-bond acceptors (Lipinski definition) is 8. The van der Waals surface area contributed by atoms with Crippen LogP contribution in [0.2, 0.25) is 0 Å². The summed E-state index contributed by atoms with van der Waals surface area (Å²) in [7, 11) is 0. The first-order valence-corrected chi connectivity index (χ1v) is 13.3. The predicted octanol–water partition coefficient (Wildman–Crippen LogP) is 1.85. The van der Waals surface area contributed by atoms with E-state index in [2.05, 4.69) is 34.2 Å². The number of thiol groups is 1. The fraction of sp³-hybridized carbons (Fsp3) is 0.583. The lowest BCUT2D eigenvalue weighted by Crippen LogP contribution is -2.53. The molecule has 1 fully saturated rings. The monoisotopic (exact) mass is 504 g/mol. The van der Waals surface area contributed by atoms with Gasteiger partial charge in [-0.15, -0.1) is 11.8 Å². The maximum atomic E-state index is 13.3. The number of carbonyl (C=O) groups is 3. The van der Waals surface area contributed by atoms with Gasteiger partial charge < -0.3 is 20.3 Å². The highest BCUT2D eigenvalue weighted by Gasteiger charge is 2.54. The molecule has 4 rings (SSSR count). The van der Waals surface area contributed by atoms with Gasteiger partial charge in [-0.2, -0.15) is 12.6 Å². The summed E-state index contributed by atoms with van der Waals surface area (Å²) < 4.78 is 5.71. The van der Waals surface area contributed by atoms with Crippen LogP contribution in [0, 0.1) is 5.92 Å². The van der Waals surface area contributed by atoms with Gasteiger partial charge in [0.25, 0.3) is 0 Å². The van der Waals surface area contributed by atoms with Crippen LogP contribution in [0.5, 0.6) is 0 Å². The first kappa shape index (κ1) is 24.9. The van der Waals surface area contributed by atoms with Crippen molar-refractivity contribution in [1.82, 2.24) is 15.5 Å². The van der Waals surface area contributed by atoms with Crippen LogP contribution in [0.25, 0.3) is 0 Å². The summed E-state index contributed by atoms with van der Waals surface area (Å²) in [6, 6.07) is -0.568. The van der Waals surface area contributed by atoms with Crippen molar-refractivity contribution < 1.29 is 19.1 Å². The SMILES string of the molecule is CC(C)C1NC(=O)C2(C)CSC(=N2)C2C3C=CC=C(CNC(=O)CC(C=CCCS)OC1=O)N32. The molecule has 8 nitrogen and oxygen atoms in total. The Labute approximate surface area is 210 Å². The molecular formula is C24H32N4O4S2. The molecule has 0 saturated carbocycles. The van der Waals surface area contributed by atoms with Gasteiger partial charge in [-0.05, 0) is 37.2 Å². The van der Waals surface area contributed by atoms with Crippen LogP contribution in [0.15, 0.2) is 41.1 Å². The van der Waals surface area contributed by atoms with E-state index in [0.29, 0.717) is 24.5 Å². The van der Waals surface area contributed by atoms with E-state index in [0.717, 1.165) is 10.7 Å². The molecule has 0 spiro atoms. The van der Waals surface area contributed by atoms with Gasteiger partial charge in [0.15, 0.2) is 0 Å². The largest absolute Gasteiger partial charge is 0.456 e. The maximum absolute atomic E-state index is 13.3. The summed E-state index contributed by atoms with van der Waals surface area (Å²) in [5.41, 5.74) is 0.0451. The lowest BCUT2D eigenvalue weighted by Gasteiger charge is -2.27. The average Bonchev–Trinajstić information content (AvgIpc) is 3.40. The predicted molar refractivity (Wildman–Crippen MR) is 137 cm³/mol. The molecule has 4 heterocycles. The molecule has 184 valence electrons. The minimum absolute atomic E-state index is 0.00379. The Morgan fingerprint density at radius 3 is 2.91 bits per heavy atom. The number of cyclic esters (lactones) is 1. The van der Waals surface area contributed by atoms with Gasteiger partial charge in [-0.25, -0.2) is 4.79 Å². The van der Waals surface area contributed by atoms with Crippen LogP contribution in [0.4, 0.5) is 0 Å². The molecule has 4 aliphatic rings. The molecule has 0 aromatic carbocycles. The molecule has 4 aliphatic heterocycles. The van der Waals surface area contributed by atoms with E-state index in [9.17, 15) is 14.4 Å². The quantitative estimate of drug-likeness (QED) is 0.234. The van der Waals surface area contributed by atoms with Gasteiger partial charge in [0.1, 0.15) is 23.7 Å². The molecule has 2 N–H and O–H groups in total. The van der Waals surface area contributed by atoms with Gasteiger partial charge in [-0.1, -0.05) is 32.1 Å². The Kier molecular flexibility index (Phi) is 7.47. The number of carbonyl (C=O) groups excluding carboxylic acids is 3. The van der Waals surface area contributed by atoms with Crippen molar-refractivity contribution in [2.45, 2.75) is 63.4 Å². The zero-order valence-electron chi connectivity index (χ0n) is 19.7. The van der Waals surface area contributed by atoms with Crippen molar-refractivity contribution in [3.8, 4) is 0 Å². The highest BCUT2D eigenvalue weighted by Crippen LogP contribution is 2.44. The number of allylic oxidation sites excluding steroid dienone is 3. The lowest BCUT2D eigenvalue weighted by molar-refractivity contribution is -0.153. The average molecular weight is 505 g/mol. The van der Waals surface area contributed by atoms with Crippen LogP contribution in [-0.2, 0) is 19.1 Å². The molecule has 0 aromatic heterocycles. The van der Waals surface area contributed by atoms with Crippen LogP contribution in [0.3, 0.4) is 0 Å². The van der Waals surface area contributed by atoms with Crippen molar-refractivity contribution in [3.63, 3.8) is 0 Å². The first-order chi connectivity index (χ1) is 16.2. The number of esters is 1. The first-order valence-electron chi connectivity index (χ1n) is 11.7. The Bertz CT molecular complexity index is 976. The lowest BCUT2D eigenvalue weighted by atomic mass is 10.0. The highest BCUT2D eigenvalue weighted by molar-refractivity contribution is 8.14. The number of thioether (sulfide) groups is 1. The third-order valence-electron chi connectivity index (χ3n) is 6.36. The number of nitrogens with one attached hydrogen (secondary N) is 2. The van der Waals surface area contributed by atoms with Crippen molar-refractivity contribution in [2.24, 2.45) is 10.9 Å². The Morgan fingerprint density at radius 2 is 2.18 bits per heavy atom. The van der Waals surface area contributed by atoms with Gasteiger partial charge >= 0.3 is 5.97 Å². The Hall–Kier alpha value is -2.20. The summed E-state index contributed by atoms with van der Waals surface area (Å²) >= 11 is 5.78. The van der Waals surface area contributed by atoms with E-state index in [4.69, 9.17) is 9.73 Å². The number of hydrogen-bond donors (Lipinski definition) is 3. The Morgan fingerprint density at radius 1 is 1.38 bits per heavy atom. The molecule has 0 aromatic rings. The van der Waals surface area contributed by atoms with E-state index in [1.54, 1.807) is 17.8 Å².